The van der Waals surface area contributed by atoms with Crippen LogP contribution in [0.1, 0.15) is 24.8 Å². The Morgan fingerprint density at radius 3 is 2.63 bits per heavy atom. The topological polar surface area (TPSA) is 37.4 Å². The second-order valence-corrected chi connectivity index (χ2v) is 7.54. The molecular weight excluding hydrogens is 282 g/mol. The number of nitrogens with zero attached hydrogens (tertiary/aromatic N) is 1. The summed E-state index contributed by atoms with van der Waals surface area (Å²) in [6.45, 7) is 2.50. The summed E-state index contributed by atoms with van der Waals surface area (Å²) in [5.41, 5.74) is 0.761. The first-order chi connectivity index (χ1) is 9.07. The predicted octanol–water partition coefficient (Wildman–Crippen LogP) is 2.95. The van der Waals surface area contributed by atoms with Crippen molar-refractivity contribution in [2.24, 2.45) is 0 Å². The molecule has 0 aromatic heterocycles. The summed E-state index contributed by atoms with van der Waals surface area (Å²) in [6, 6.07) is 5.06. The van der Waals surface area contributed by atoms with Gasteiger partial charge >= 0.3 is 0 Å². The molecular formula is C14H16ClNO2S. The van der Waals surface area contributed by atoms with Gasteiger partial charge in [-0.15, -0.1) is 0 Å². The molecule has 3 nitrogen and oxygen atoms in total. The largest absolute Gasteiger partial charge is 0.298 e. The molecule has 1 fully saturated rings. The van der Waals surface area contributed by atoms with Gasteiger partial charge in [0.2, 0.25) is 9.84 Å². The van der Waals surface area contributed by atoms with E-state index in [1.807, 2.05) is 0 Å². The van der Waals surface area contributed by atoms with Crippen molar-refractivity contribution in [2.45, 2.75) is 24.2 Å². The first-order valence-corrected chi connectivity index (χ1v) is 8.41. The predicted molar refractivity (Wildman–Crippen MR) is 76.9 cm³/mol. The minimum Gasteiger partial charge on any atom is -0.298 e. The summed E-state index contributed by atoms with van der Waals surface area (Å²) in [7, 11) is -3.33. The normalized spacial score (nSPS) is 22.1. The number of halogens is 1. The number of benzene rings is 1. The van der Waals surface area contributed by atoms with E-state index < -0.39 is 9.84 Å². The molecule has 2 aliphatic heterocycles. The van der Waals surface area contributed by atoms with Crippen molar-refractivity contribution in [3.63, 3.8) is 0 Å². The zero-order valence-corrected chi connectivity index (χ0v) is 12.2. The first-order valence-electron chi connectivity index (χ1n) is 6.55. The SMILES string of the molecule is O=S1(=O)C(CN2CCCCC2)=Cc2ccc(Cl)cc21. The van der Waals surface area contributed by atoms with E-state index in [2.05, 4.69) is 4.90 Å². The molecule has 2 heterocycles. The van der Waals surface area contributed by atoms with E-state index in [-0.39, 0.29) is 0 Å². The van der Waals surface area contributed by atoms with Crippen molar-refractivity contribution < 1.29 is 8.42 Å². The number of rotatable bonds is 2. The quantitative estimate of drug-likeness (QED) is 0.842. The van der Waals surface area contributed by atoms with Crippen molar-refractivity contribution in [1.29, 1.82) is 0 Å². The van der Waals surface area contributed by atoms with Crippen LogP contribution in [0.3, 0.4) is 0 Å². The average molecular weight is 298 g/mol. The zero-order valence-electron chi connectivity index (χ0n) is 10.6. The molecule has 0 unspecified atom stereocenters. The highest BCUT2D eigenvalue weighted by atomic mass is 35.5. The highest BCUT2D eigenvalue weighted by Gasteiger charge is 2.30. The van der Waals surface area contributed by atoms with Crippen LogP contribution in [0.5, 0.6) is 0 Å². The van der Waals surface area contributed by atoms with Crippen LogP contribution in [0.2, 0.25) is 5.02 Å². The molecule has 0 saturated carbocycles. The molecule has 5 heteroatoms. The minimum absolute atomic E-state index is 0.354. The third-order valence-corrected chi connectivity index (χ3v) is 5.86. The van der Waals surface area contributed by atoms with Gasteiger partial charge in [-0.25, -0.2) is 8.42 Å². The van der Waals surface area contributed by atoms with Gasteiger partial charge in [0, 0.05) is 11.6 Å². The van der Waals surface area contributed by atoms with Crippen LogP contribution < -0.4 is 0 Å². The van der Waals surface area contributed by atoms with Crippen molar-refractivity contribution in [3.8, 4) is 0 Å². The number of sulfone groups is 1. The molecule has 0 amide bonds. The summed E-state index contributed by atoms with van der Waals surface area (Å²) >= 11 is 5.89. The van der Waals surface area contributed by atoms with Gasteiger partial charge in [-0.05, 0) is 49.7 Å². The Labute approximate surface area is 118 Å². The molecule has 0 N–H and O–H groups in total. The van der Waals surface area contributed by atoms with Crippen molar-refractivity contribution >= 4 is 27.5 Å². The minimum atomic E-state index is -3.33. The number of likely N-dealkylation sites (tertiary alicyclic amines) is 1. The van der Waals surface area contributed by atoms with Gasteiger partial charge in [0.15, 0.2) is 0 Å². The fraction of sp³-hybridized carbons (Fsp3) is 0.429. The van der Waals surface area contributed by atoms with Crippen LogP contribution in [-0.4, -0.2) is 33.0 Å². The summed E-state index contributed by atoms with van der Waals surface area (Å²) in [4.78, 5) is 3.08. The maximum Gasteiger partial charge on any atom is 0.204 e. The molecule has 0 spiro atoms. The van der Waals surface area contributed by atoms with E-state index in [1.54, 1.807) is 24.3 Å². The Morgan fingerprint density at radius 2 is 1.89 bits per heavy atom. The Balaban J connectivity index is 1.88. The molecule has 0 radical (unpaired) electrons. The van der Waals surface area contributed by atoms with E-state index in [4.69, 9.17) is 11.6 Å². The monoisotopic (exact) mass is 297 g/mol. The highest BCUT2D eigenvalue weighted by molar-refractivity contribution is 7.95. The van der Waals surface area contributed by atoms with Gasteiger partial charge in [-0.3, -0.25) is 4.90 Å². The Bertz CT molecular complexity index is 631. The number of hydrogen-bond acceptors (Lipinski definition) is 3. The van der Waals surface area contributed by atoms with Crippen molar-refractivity contribution in [1.82, 2.24) is 4.90 Å². The van der Waals surface area contributed by atoms with Crippen LogP contribution in [-0.2, 0) is 9.84 Å². The lowest BCUT2D eigenvalue weighted by Crippen LogP contribution is -2.32. The molecule has 1 aromatic rings. The fourth-order valence-electron chi connectivity index (χ4n) is 2.72. The van der Waals surface area contributed by atoms with Crippen molar-refractivity contribution in [3.05, 3.63) is 33.7 Å². The van der Waals surface area contributed by atoms with Gasteiger partial charge in [-0.2, -0.15) is 0 Å². The average Bonchev–Trinajstić information content (AvgIpc) is 2.63. The maximum atomic E-state index is 12.5. The molecule has 0 aliphatic carbocycles. The van der Waals surface area contributed by atoms with Gasteiger partial charge in [0.05, 0.1) is 9.80 Å². The van der Waals surface area contributed by atoms with Crippen LogP contribution in [0.25, 0.3) is 6.08 Å². The van der Waals surface area contributed by atoms with Gasteiger partial charge in [0.1, 0.15) is 0 Å². The second-order valence-electron chi connectivity index (χ2n) is 5.13. The standard InChI is InChI=1S/C14H16ClNO2S/c15-12-5-4-11-8-13(19(17,18)14(11)9-12)10-16-6-2-1-3-7-16/h4-5,8-9H,1-3,6-7,10H2. The number of piperidine rings is 1. The molecule has 3 rings (SSSR count). The molecule has 1 saturated heterocycles. The fourth-order valence-corrected chi connectivity index (χ4v) is 4.59. The molecule has 0 bridgehead atoms. The first kappa shape index (κ1) is 13.2. The van der Waals surface area contributed by atoms with E-state index in [0.29, 0.717) is 21.4 Å². The van der Waals surface area contributed by atoms with Gasteiger partial charge in [0.25, 0.3) is 0 Å². The van der Waals surface area contributed by atoms with Crippen LogP contribution in [0, 0.1) is 0 Å². The lowest BCUT2D eigenvalue weighted by Gasteiger charge is -2.26. The summed E-state index contributed by atoms with van der Waals surface area (Å²) in [5, 5.41) is 0.468. The summed E-state index contributed by atoms with van der Waals surface area (Å²) < 4.78 is 24.9. The van der Waals surface area contributed by atoms with Crippen molar-refractivity contribution in [2.75, 3.05) is 19.6 Å². The van der Waals surface area contributed by atoms with Crippen LogP contribution in [0.4, 0.5) is 0 Å². The zero-order chi connectivity index (χ0) is 13.5. The number of fused-ring (bicyclic) bond motifs is 1. The van der Waals surface area contributed by atoms with E-state index in [9.17, 15) is 8.42 Å². The molecule has 102 valence electrons. The van der Waals surface area contributed by atoms with Gasteiger partial charge in [-0.1, -0.05) is 24.1 Å². The number of hydrogen-bond donors (Lipinski definition) is 0. The molecule has 19 heavy (non-hydrogen) atoms. The smallest absolute Gasteiger partial charge is 0.204 e. The van der Waals surface area contributed by atoms with E-state index >= 15 is 0 Å². The summed E-state index contributed by atoms with van der Waals surface area (Å²) in [5.74, 6) is 0. The molecule has 0 atom stereocenters. The highest BCUT2D eigenvalue weighted by Crippen LogP contribution is 2.35. The molecule has 1 aromatic carbocycles. The summed E-state index contributed by atoms with van der Waals surface area (Å²) in [6.07, 6.45) is 5.35. The van der Waals surface area contributed by atoms with E-state index in [1.165, 1.54) is 6.42 Å². The second kappa shape index (κ2) is 4.93. The van der Waals surface area contributed by atoms with E-state index in [0.717, 1.165) is 31.5 Å². The Morgan fingerprint density at radius 1 is 1.16 bits per heavy atom. The van der Waals surface area contributed by atoms with Crippen LogP contribution in [0.15, 0.2) is 28.0 Å². The third-order valence-electron chi connectivity index (χ3n) is 3.75. The third kappa shape index (κ3) is 2.45. The Kier molecular flexibility index (Phi) is 3.41. The maximum absolute atomic E-state index is 12.5. The lowest BCUT2D eigenvalue weighted by atomic mass is 10.1. The van der Waals surface area contributed by atoms with Crippen LogP contribution >= 0.6 is 11.6 Å². The lowest BCUT2D eigenvalue weighted by molar-refractivity contribution is 0.250. The van der Waals surface area contributed by atoms with Gasteiger partial charge < -0.3 is 0 Å². The Hall–Kier alpha value is -0.840. The molecule has 2 aliphatic rings.